The summed E-state index contributed by atoms with van der Waals surface area (Å²) < 4.78 is 35.5. The largest absolute Gasteiger partial charge is 0.481 e. The number of methoxy groups -OCH3 is 1. The Balaban J connectivity index is 1.98. The Morgan fingerprint density at radius 1 is 1.26 bits per heavy atom. The molecule has 0 radical (unpaired) electrons. The lowest BCUT2D eigenvalue weighted by Gasteiger charge is -2.19. The van der Waals surface area contributed by atoms with Crippen molar-refractivity contribution in [2.75, 3.05) is 18.9 Å². The number of anilines is 1. The summed E-state index contributed by atoms with van der Waals surface area (Å²) in [5.41, 5.74) is 1.27. The van der Waals surface area contributed by atoms with Gasteiger partial charge in [-0.1, -0.05) is 6.07 Å². The third kappa shape index (κ3) is 6.15. The molecule has 2 atom stereocenters. The quantitative estimate of drug-likeness (QED) is 0.276. The van der Waals surface area contributed by atoms with Crippen LogP contribution in [-0.2, 0) is 16.4 Å². The Labute approximate surface area is 203 Å². The average molecular weight is 501 g/mol. The average Bonchev–Trinajstić information content (AvgIpc) is 3.26. The number of sulfonamides is 1. The van der Waals surface area contributed by atoms with E-state index in [0.717, 1.165) is 5.56 Å². The van der Waals surface area contributed by atoms with Crippen LogP contribution in [0.15, 0.2) is 35.6 Å². The number of aliphatic imine (C=N–C) groups is 1. The van der Waals surface area contributed by atoms with Crippen molar-refractivity contribution in [1.82, 2.24) is 35.0 Å². The standard InChI is InChI=1S/C21H28N10O3S/c1-13-10-24-17(25-11-13)9-14(2)35(32,33)30-21-29-28-20(16-7-6-8-18(27-16)34-5)31(21)15(3)19(22)26-12-23-4/h6-8,10-12,14-15H,9H2,1-5H3,(H,29,30)(H2,22,23,26)/t14-,15+/m0/s1. The van der Waals surface area contributed by atoms with E-state index in [1.807, 2.05) is 6.92 Å². The number of amidine groups is 1. The second kappa shape index (κ2) is 11.0. The maximum Gasteiger partial charge on any atom is 0.239 e. The van der Waals surface area contributed by atoms with Crippen molar-refractivity contribution in [2.45, 2.75) is 38.5 Å². The molecule has 0 saturated heterocycles. The van der Waals surface area contributed by atoms with Gasteiger partial charge in [-0.15, -0.1) is 10.2 Å². The van der Waals surface area contributed by atoms with Gasteiger partial charge in [0.25, 0.3) is 0 Å². The van der Waals surface area contributed by atoms with Crippen LogP contribution in [0.3, 0.4) is 0 Å². The minimum absolute atomic E-state index is 0.0511. The van der Waals surface area contributed by atoms with Gasteiger partial charge in [0.05, 0.1) is 24.7 Å². The molecule has 0 aliphatic rings. The lowest BCUT2D eigenvalue weighted by molar-refractivity contribution is 0.398. The highest BCUT2D eigenvalue weighted by molar-refractivity contribution is 7.93. The second-order valence-electron chi connectivity index (χ2n) is 7.73. The number of pyridine rings is 1. The molecule has 13 nitrogen and oxygen atoms in total. The van der Waals surface area contributed by atoms with Crippen LogP contribution >= 0.6 is 0 Å². The number of nitrogens with zero attached hydrogens (tertiary/aromatic N) is 7. The van der Waals surface area contributed by atoms with Crippen molar-refractivity contribution in [3.8, 4) is 17.4 Å². The fraction of sp³-hybridized carbons (Fsp3) is 0.381. The van der Waals surface area contributed by atoms with E-state index in [0.29, 0.717) is 17.4 Å². The first kappa shape index (κ1) is 25.7. The van der Waals surface area contributed by atoms with E-state index in [-0.39, 0.29) is 24.0 Å². The smallest absolute Gasteiger partial charge is 0.239 e. The van der Waals surface area contributed by atoms with Crippen LogP contribution in [0.1, 0.15) is 31.3 Å². The summed E-state index contributed by atoms with van der Waals surface area (Å²) in [4.78, 5) is 16.8. The normalized spacial score (nSPS) is 13.4. The van der Waals surface area contributed by atoms with Gasteiger partial charge < -0.3 is 10.1 Å². The highest BCUT2D eigenvalue weighted by Gasteiger charge is 2.28. The highest BCUT2D eigenvalue weighted by Crippen LogP contribution is 2.27. The van der Waals surface area contributed by atoms with Crippen LogP contribution in [-0.4, -0.2) is 69.7 Å². The first-order valence-corrected chi connectivity index (χ1v) is 12.2. The van der Waals surface area contributed by atoms with Crippen LogP contribution in [0, 0.1) is 12.3 Å². The summed E-state index contributed by atoms with van der Waals surface area (Å²) in [6.07, 6.45) is 4.74. The SMILES string of the molecule is CN/C=N\C(=N)[C@@H](C)n1c(NS(=O)(=O)[C@@H](C)Cc2ncc(C)cn2)nnc1-c1cccc(OC)n1. The van der Waals surface area contributed by atoms with E-state index in [2.05, 4.69) is 40.2 Å². The minimum Gasteiger partial charge on any atom is -0.481 e. The van der Waals surface area contributed by atoms with Crippen LogP contribution < -0.4 is 14.8 Å². The van der Waals surface area contributed by atoms with Gasteiger partial charge in [0.1, 0.15) is 17.4 Å². The predicted molar refractivity (Wildman–Crippen MR) is 132 cm³/mol. The van der Waals surface area contributed by atoms with E-state index >= 15 is 0 Å². The zero-order chi connectivity index (χ0) is 25.6. The number of ether oxygens (including phenoxy) is 1. The Kier molecular flexibility index (Phi) is 8.06. The molecular weight excluding hydrogens is 472 g/mol. The van der Waals surface area contributed by atoms with Gasteiger partial charge in [-0.3, -0.25) is 14.7 Å². The van der Waals surface area contributed by atoms with Crippen molar-refractivity contribution < 1.29 is 13.2 Å². The van der Waals surface area contributed by atoms with Crippen LogP contribution in [0.25, 0.3) is 11.5 Å². The molecule has 0 unspecified atom stereocenters. The van der Waals surface area contributed by atoms with E-state index in [1.54, 1.807) is 51.5 Å². The number of nitrogens with one attached hydrogen (secondary N) is 3. The lowest BCUT2D eigenvalue weighted by atomic mass is 10.2. The fourth-order valence-corrected chi connectivity index (χ4v) is 4.00. The zero-order valence-corrected chi connectivity index (χ0v) is 20.9. The molecule has 35 heavy (non-hydrogen) atoms. The van der Waals surface area contributed by atoms with E-state index in [1.165, 1.54) is 18.0 Å². The molecule has 0 aliphatic heterocycles. The number of rotatable bonds is 10. The summed E-state index contributed by atoms with van der Waals surface area (Å²) >= 11 is 0. The zero-order valence-electron chi connectivity index (χ0n) is 20.1. The summed E-state index contributed by atoms with van der Waals surface area (Å²) in [5.74, 6) is 0.880. The predicted octanol–water partition coefficient (Wildman–Crippen LogP) is 1.61. The second-order valence-corrected chi connectivity index (χ2v) is 9.83. The molecule has 3 aromatic heterocycles. The molecule has 3 rings (SSSR count). The Morgan fingerprint density at radius 2 is 1.97 bits per heavy atom. The maximum atomic E-state index is 13.2. The molecule has 0 fully saturated rings. The van der Waals surface area contributed by atoms with Gasteiger partial charge in [0.15, 0.2) is 5.82 Å². The molecule has 0 amide bonds. The highest BCUT2D eigenvalue weighted by atomic mass is 32.2. The minimum atomic E-state index is -3.92. The molecular formula is C21H28N10O3S. The van der Waals surface area contributed by atoms with Crippen LogP contribution in [0.2, 0.25) is 0 Å². The van der Waals surface area contributed by atoms with Crippen LogP contribution in [0.4, 0.5) is 5.95 Å². The molecule has 186 valence electrons. The molecule has 0 aromatic carbocycles. The Hall–Kier alpha value is -3.94. The summed E-state index contributed by atoms with van der Waals surface area (Å²) in [6, 6.07) is 4.35. The number of aryl methyl sites for hydroxylation is 1. The first-order chi connectivity index (χ1) is 16.7. The first-order valence-electron chi connectivity index (χ1n) is 10.7. The fourth-order valence-electron chi connectivity index (χ4n) is 3.04. The molecule has 3 N–H and O–H groups in total. The monoisotopic (exact) mass is 500 g/mol. The maximum absolute atomic E-state index is 13.2. The lowest BCUT2D eigenvalue weighted by Crippen LogP contribution is -2.30. The van der Waals surface area contributed by atoms with Crippen LogP contribution in [0.5, 0.6) is 5.88 Å². The van der Waals surface area contributed by atoms with Crippen molar-refractivity contribution in [1.29, 1.82) is 5.41 Å². The number of aromatic nitrogens is 6. The van der Waals surface area contributed by atoms with Crippen molar-refractivity contribution in [2.24, 2.45) is 4.99 Å². The molecule has 14 heteroatoms. The molecule has 0 bridgehead atoms. The van der Waals surface area contributed by atoms with Crippen molar-refractivity contribution >= 4 is 28.1 Å². The van der Waals surface area contributed by atoms with E-state index in [4.69, 9.17) is 10.1 Å². The molecule has 0 spiro atoms. The van der Waals surface area contributed by atoms with E-state index in [9.17, 15) is 8.42 Å². The third-order valence-electron chi connectivity index (χ3n) is 5.04. The van der Waals surface area contributed by atoms with Gasteiger partial charge in [0.2, 0.25) is 21.9 Å². The molecule has 3 heterocycles. The van der Waals surface area contributed by atoms with E-state index < -0.39 is 21.3 Å². The van der Waals surface area contributed by atoms with Gasteiger partial charge in [-0.2, -0.15) is 0 Å². The summed E-state index contributed by atoms with van der Waals surface area (Å²) in [7, 11) is -0.778. The van der Waals surface area contributed by atoms with Gasteiger partial charge in [0, 0.05) is 31.9 Å². The molecule has 0 saturated carbocycles. The third-order valence-corrected chi connectivity index (χ3v) is 6.73. The number of hydrogen-bond acceptors (Lipinski definition) is 9. The molecule has 0 aliphatic carbocycles. The number of hydrogen-bond donors (Lipinski definition) is 3. The van der Waals surface area contributed by atoms with Gasteiger partial charge in [-0.25, -0.2) is 28.4 Å². The van der Waals surface area contributed by atoms with Gasteiger partial charge in [-0.05, 0) is 32.4 Å². The van der Waals surface area contributed by atoms with Crippen molar-refractivity contribution in [3.05, 3.63) is 42.0 Å². The molecule has 3 aromatic rings. The topological polar surface area (TPSA) is 173 Å². The Bertz CT molecular complexity index is 1310. The summed E-state index contributed by atoms with van der Waals surface area (Å²) in [6.45, 7) is 5.09. The summed E-state index contributed by atoms with van der Waals surface area (Å²) in [5, 5.41) is 18.4. The van der Waals surface area contributed by atoms with Gasteiger partial charge >= 0.3 is 0 Å². The van der Waals surface area contributed by atoms with Crippen molar-refractivity contribution in [3.63, 3.8) is 0 Å². The Morgan fingerprint density at radius 3 is 2.63 bits per heavy atom.